The zero-order valence-corrected chi connectivity index (χ0v) is 13.4. The zero-order valence-electron chi connectivity index (χ0n) is 13.4. The molecule has 0 saturated carbocycles. The molecule has 0 spiro atoms. The van der Waals surface area contributed by atoms with Gasteiger partial charge in [-0.25, -0.2) is 4.39 Å². The van der Waals surface area contributed by atoms with Crippen LogP contribution in [0.25, 0.3) is 0 Å². The lowest BCUT2D eigenvalue weighted by Crippen LogP contribution is -2.52. The molecule has 1 atom stereocenters. The topological polar surface area (TPSA) is 21.3 Å². The van der Waals surface area contributed by atoms with Crippen molar-refractivity contribution in [2.45, 2.75) is 58.6 Å². The second-order valence-corrected chi connectivity index (χ2v) is 5.32. The molecule has 3 heteroatoms. The summed E-state index contributed by atoms with van der Waals surface area (Å²) in [6.45, 7) is 9.05. The summed E-state index contributed by atoms with van der Waals surface area (Å²) in [4.78, 5) is 0. The Balaban J connectivity index is 2.99. The molecule has 0 aliphatic carbocycles. The van der Waals surface area contributed by atoms with Gasteiger partial charge in [-0.05, 0) is 63.4 Å². The van der Waals surface area contributed by atoms with Crippen molar-refractivity contribution in [2.75, 3.05) is 13.7 Å². The van der Waals surface area contributed by atoms with Crippen LogP contribution in [0.1, 0.15) is 44.7 Å². The Morgan fingerprint density at radius 3 is 2.35 bits per heavy atom. The van der Waals surface area contributed by atoms with Crippen LogP contribution in [-0.2, 0) is 11.2 Å². The highest BCUT2D eigenvalue weighted by Gasteiger charge is 2.35. The maximum Gasteiger partial charge on any atom is 0.123 e. The lowest BCUT2D eigenvalue weighted by atomic mass is 9.83. The van der Waals surface area contributed by atoms with Crippen molar-refractivity contribution in [3.63, 3.8) is 0 Å². The van der Waals surface area contributed by atoms with E-state index in [1.165, 1.54) is 11.6 Å². The fourth-order valence-corrected chi connectivity index (χ4v) is 2.99. The van der Waals surface area contributed by atoms with E-state index in [0.717, 1.165) is 24.8 Å². The quantitative estimate of drug-likeness (QED) is 0.781. The van der Waals surface area contributed by atoms with Crippen LogP contribution in [0, 0.1) is 12.7 Å². The average molecular weight is 281 g/mol. The average Bonchev–Trinajstić information content (AvgIpc) is 2.44. The number of benzene rings is 1. The molecule has 0 saturated heterocycles. The van der Waals surface area contributed by atoms with Gasteiger partial charge >= 0.3 is 0 Å². The van der Waals surface area contributed by atoms with Crippen LogP contribution in [0.3, 0.4) is 0 Å². The monoisotopic (exact) mass is 281 g/mol. The third-order valence-corrected chi connectivity index (χ3v) is 4.34. The van der Waals surface area contributed by atoms with Crippen molar-refractivity contribution >= 4 is 0 Å². The minimum absolute atomic E-state index is 0.162. The molecule has 1 aromatic carbocycles. The van der Waals surface area contributed by atoms with Gasteiger partial charge in [0, 0.05) is 12.6 Å². The highest BCUT2D eigenvalue weighted by molar-refractivity contribution is 5.28. The van der Waals surface area contributed by atoms with Gasteiger partial charge in [0.25, 0.3) is 0 Å². The number of rotatable bonds is 8. The number of ether oxygens (including phenoxy) is 1. The SMILES string of the molecule is CCOC(CC)(CC)C(Cc1ccc(F)cc1C)NC. The summed E-state index contributed by atoms with van der Waals surface area (Å²) in [5.41, 5.74) is 2.02. The summed E-state index contributed by atoms with van der Waals surface area (Å²) < 4.78 is 19.3. The summed E-state index contributed by atoms with van der Waals surface area (Å²) in [6.07, 6.45) is 2.77. The first kappa shape index (κ1) is 17.1. The summed E-state index contributed by atoms with van der Waals surface area (Å²) in [7, 11) is 1.97. The van der Waals surface area contributed by atoms with E-state index in [-0.39, 0.29) is 17.5 Å². The van der Waals surface area contributed by atoms with Gasteiger partial charge in [0.2, 0.25) is 0 Å². The van der Waals surface area contributed by atoms with Crippen molar-refractivity contribution in [1.29, 1.82) is 0 Å². The van der Waals surface area contributed by atoms with Gasteiger partial charge in [0.1, 0.15) is 5.82 Å². The molecule has 114 valence electrons. The molecule has 0 radical (unpaired) electrons. The fourth-order valence-electron chi connectivity index (χ4n) is 2.99. The Labute approximate surface area is 122 Å². The molecule has 0 bridgehead atoms. The van der Waals surface area contributed by atoms with E-state index in [1.807, 2.05) is 27.0 Å². The molecular weight excluding hydrogens is 253 g/mol. The van der Waals surface area contributed by atoms with E-state index in [0.29, 0.717) is 6.61 Å². The minimum atomic E-state index is -0.172. The van der Waals surface area contributed by atoms with Crippen molar-refractivity contribution in [3.05, 3.63) is 35.1 Å². The van der Waals surface area contributed by atoms with E-state index in [2.05, 4.69) is 19.2 Å². The van der Waals surface area contributed by atoms with E-state index in [4.69, 9.17) is 4.74 Å². The van der Waals surface area contributed by atoms with E-state index >= 15 is 0 Å². The molecule has 0 aromatic heterocycles. The summed E-state index contributed by atoms with van der Waals surface area (Å²) >= 11 is 0. The lowest BCUT2D eigenvalue weighted by molar-refractivity contribution is -0.0703. The van der Waals surface area contributed by atoms with Crippen molar-refractivity contribution in [1.82, 2.24) is 5.32 Å². The summed E-state index contributed by atoms with van der Waals surface area (Å²) in [5, 5.41) is 3.40. The van der Waals surface area contributed by atoms with Crippen LogP contribution in [0.2, 0.25) is 0 Å². The number of halogens is 1. The van der Waals surface area contributed by atoms with Crippen LogP contribution in [0.15, 0.2) is 18.2 Å². The highest BCUT2D eigenvalue weighted by Crippen LogP contribution is 2.28. The zero-order chi connectivity index (χ0) is 15.2. The van der Waals surface area contributed by atoms with Gasteiger partial charge in [0.05, 0.1) is 5.60 Å². The van der Waals surface area contributed by atoms with Gasteiger partial charge in [-0.15, -0.1) is 0 Å². The molecule has 1 unspecified atom stereocenters. The second-order valence-electron chi connectivity index (χ2n) is 5.32. The summed E-state index contributed by atoms with van der Waals surface area (Å²) in [6, 6.07) is 5.25. The molecule has 20 heavy (non-hydrogen) atoms. The Kier molecular flexibility index (Phi) is 6.63. The lowest BCUT2D eigenvalue weighted by Gasteiger charge is -2.39. The smallest absolute Gasteiger partial charge is 0.123 e. The number of aryl methyl sites for hydroxylation is 1. The molecule has 0 fully saturated rings. The fraction of sp³-hybridized carbons (Fsp3) is 0.647. The molecule has 0 heterocycles. The van der Waals surface area contributed by atoms with Crippen LogP contribution >= 0.6 is 0 Å². The standard InChI is InChI=1S/C17H28FNO/c1-6-17(7-2,20-8-3)16(19-5)12-14-9-10-15(18)11-13(14)4/h9-11,16,19H,6-8,12H2,1-5H3. The third kappa shape index (κ3) is 3.80. The number of likely N-dealkylation sites (N-methyl/N-ethyl adjacent to an activating group) is 1. The minimum Gasteiger partial charge on any atom is -0.374 e. The molecular formula is C17H28FNO. The molecule has 0 amide bonds. The predicted molar refractivity (Wildman–Crippen MR) is 82.6 cm³/mol. The Morgan fingerprint density at radius 1 is 1.25 bits per heavy atom. The molecule has 1 N–H and O–H groups in total. The highest BCUT2D eigenvalue weighted by atomic mass is 19.1. The number of hydrogen-bond donors (Lipinski definition) is 1. The van der Waals surface area contributed by atoms with Crippen LogP contribution in [-0.4, -0.2) is 25.3 Å². The van der Waals surface area contributed by atoms with E-state index in [1.54, 1.807) is 6.07 Å². The maximum atomic E-state index is 13.2. The van der Waals surface area contributed by atoms with Gasteiger partial charge < -0.3 is 10.1 Å². The first-order valence-corrected chi connectivity index (χ1v) is 7.59. The van der Waals surface area contributed by atoms with Crippen LogP contribution < -0.4 is 5.32 Å². The van der Waals surface area contributed by atoms with E-state index in [9.17, 15) is 4.39 Å². The second kappa shape index (κ2) is 7.75. The van der Waals surface area contributed by atoms with Gasteiger partial charge in [-0.2, -0.15) is 0 Å². The van der Waals surface area contributed by atoms with Crippen LogP contribution in [0.4, 0.5) is 4.39 Å². The van der Waals surface area contributed by atoms with E-state index < -0.39 is 0 Å². The maximum absolute atomic E-state index is 13.2. The number of nitrogens with one attached hydrogen (secondary N) is 1. The van der Waals surface area contributed by atoms with Gasteiger partial charge in [-0.3, -0.25) is 0 Å². The molecule has 1 rings (SSSR count). The molecule has 1 aromatic rings. The number of hydrogen-bond acceptors (Lipinski definition) is 2. The molecule has 0 aliphatic heterocycles. The van der Waals surface area contributed by atoms with Crippen LogP contribution in [0.5, 0.6) is 0 Å². The predicted octanol–water partition coefficient (Wildman–Crippen LogP) is 3.86. The molecule has 2 nitrogen and oxygen atoms in total. The third-order valence-electron chi connectivity index (χ3n) is 4.34. The summed E-state index contributed by atoms with van der Waals surface area (Å²) in [5.74, 6) is -0.172. The van der Waals surface area contributed by atoms with Gasteiger partial charge in [-0.1, -0.05) is 19.9 Å². The first-order chi connectivity index (χ1) is 9.52. The van der Waals surface area contributed by atoms with Gasteiger partial charge in [0.15, 0.2) is 0 Å². The van der Waals surface area contributed by atoms with Crippen molar-refractivity contribution in [2.24, 2.45) is 0 Å². The van der Waals surface area contributed by atoms with Crippen molar-refractivity contribution < 1.29 is 9.13 Å². The van der Waals surface area contributed by atoms with Crippen molar-refractivity contribution in [3.8, 4) is 0 Å². The Bertz CT molecular complexity index is 415. The Morgan fingerprint density at radius 2 is 1.90 bits per heavy atom. The Hall–Kier alpha value is -0.930. The largest absolute Gasteiger partial charge is 0.374 e. The first-order valence-electron chi connectivity index (χ1n) is 7.59. The normalized spacial score (nSPS) is 13.5. The molecule has 0 aliphatic rings.